The number of fused-ring (bicyclic) bond motifs is 3. The molecule has 2 aromatic rings. The van der Waals surface area contributed by atoms with Crippen LogP contribution in [0.1, 0.15) is 22.3 Å². The largest absolute Gasteiger partial charge is 0.275 e. The van der Waals surface area contributed by atoms with Crippen molar-refractivity contribution < 1.29 is 4.92 Å². The number of hydrogen-bond donors (Lipinski definition) is 0. The zero-order valence-corrected chi connectivity index (χ0v) is 10.4. The van der Waals surface area contributed by atoms with Crippen LogP contribution in [-0.2, 0) is 6.42 Å². The average Bonchev–Trinajstić information content (AvgIpc) is 2.68. The third-order valence-electron chi connectivity index (χ3n) is 3.72. The topological polar surface area (TPSA) is 43.1 Å². The summed E-state index contributed by atoms with van der Waals surface area (Å²) in [4.78, 5) is 10.9. The van der Waals surface area contributed by atoms with Crippen LogP contribution in [0.4, 0.5) is 5.69 Å². The van der Waals surface area contributed by atoms with Gasteiger partial charge in [0.1, 0.15) is 0 Å². The number of hydrogen-bond acceptors (Lipinski definition) is 2. The lowest BCUT2D eigenvalue weighted by Crippen LogP contribution is -1.99. The summed E-state index contributed by atoms with van der Waals surface area (Å²) >= 11 is 0. The van der Waals surface area contributed by atoms with Gasteiger partial charge in [-0.1, -0.05) is 24.3 Å². The molecule has 0 aliphatic heterocycles. The predicted molar refractivity (Wildman–Crippen MR) is 70.8 cm³/mol. The summed E-state index contributed by atoms with van der Waals surface area (Å²) in [6.45, 7) is 3.67. The second-order valence-electron chi connectivity index (χ2n) is 4.78. The van der Waals surface area contributed by atoms with Gasteiger partial charge in [-0.05, 0) is 48.6 Å². The Labute approximate surface area is 105 Å². The lowest BCUT2D eigenvalue weighted by Gasteiger charge is -2.08. The van der Waals surface area contributed by atoms with Crippen molar-refractivity contribution in [2.24, 2.45) is 0 Å². The first-order valence-corrected chi connectivity index (χ1v) is 5.95. The Kier molecular flexibility index (Phi) is 2.23. The summed E-state index contributed by atoms with van der Waals surface area (Å²) in [6.07, 6.45) is 0.804. The number of benzene rings is 2. The summed E-state index contributed by atoms with van der Waals surface area (Å²) in [5, 5.41) is 11.1. The van der Waals surface area contributed by atoms with Gasteiger partial charge in [-0.3, -0.25) is 10.1 Å². The first-order chi connectivity index (χ1) is 8.59. The molecule has 0 N–H and O–H groups in total. The minimum atomic E-state index is -0.270. The third kappa shape index (κ3) is 1.37. The normalized spacial score (nSPS) is 12.1. The van der Waals surface area contributed by atoms with Crippen LogP contribution >= 0.6 is 0 Å². The van der Waals surface area contributed by atoms with Gasteiger partial charge in [0.25, 0.3) is 5.69 Å². The number of rotatable bonds is 1. The predicted octanol–water partition coefficient (Wildman–Crippen LogP) is 3.78. The lowest BCUT2D eigenvalue weighted by molar-refractivity contribution is -0.386. The molecule has 0 heterocycles. The molecule has 0 unspecified atom stereocenters. The van der Waals surface area contributed by atoms with Crippen molar-refractivity contribution in [1.29, 1.82) is 0 Å². The highest BCUT2D eigenvalue weighted by molar-refractivity contribution is 5.80. The second kappa shape index (κ2) is 3.67. The molecule has 90 valence electrons. The first-order valence-electron chi connectivity index (χ1n) is 5.95. The summed E-state index contributed by atoms with van der Waals surface area (Å²) in [7, 11) is 0. The Hall–Kier alpha value is -2.16. The fraction of sp³-hybridized carbons (Fsp3) is 0.200. The summed E-state index contributed by atoms with van der Waals surface area (Å²) in [5.74, 6) is 0. The summed E-state index contributed by atoms with van der Waals surface area (Å²) in [5.41, 5.74) is 6.56. The van der Waals surface area contributed by atoms with Crippen LogP contribution in [0.25, 0.3) is 11.1 Å². The second-order valence-corrected chi connectivity index (χ2v) is 4.78. The van der Waals surface area contributed by atoms with E-state index in [9.17, 15) is 10.1 Å². The zero-order chi connectivity index (χ0) is 12.9. The molecule has 3 heteroatoms. The molecule has 0 atom stereocenters. The molecule has 2 aromatic carbocycles. The molecule has 0 radical (unpaired) electrons. The third-order valence-corrected chi connectivity index (χ3v) is 3.72. The van der Waals surface area contributed by atoms with Gasteiger partial charge in [-0.25, -0.2) is 0 Å². The molecule has 0 fully saturated rings. The van der Waals surface area contributed by atoms with Crippen LogP contribution < -0.4 is 0 Å². The Morgan fingerprint density at radius 1 is 1.17 bits per heavy atom. The minimum absolute atomic E-state index is 0.265. The van der Waals surface area contributed by atoms with Gasteiger partial charge in [0.2, 0.25) is 0 Å². The van der Waals surface area contributed by atoms with Gasteiger partial charge in [-0.2, -0.15) is 0 Å². The van der Waals surface area contributed by atoms with E-state index in [-0.39, 0.29) is 10.6 Å². The van der Waals surface area contributed by atoms with E-state index in [1.54, 1.807) is 0 Å². The van der Waals surface area contributed by atoms with E-state index < -0.39 is 0 Å². The highest BCUT2D eigenvalue weighted by Crippen LogP contribution is 2.42. The van der Waals surface area contributed by atoms with Crippen LogP contribution in [0, 0.1) is 24.0 Å². The Balaban J connectivity index is 2.31. The fourth-order valence-corrected chi connectivity index (χ4v) is 2.89. The summed E-state index contributed by atoms with van der Waals surface area (Å²) in [6, 6.07) is 10.2. The standard InChI is InChI=1S/C15H13NO2/c1-9-7-14-12-6-4-3-5-11(12)8-13(14)10(2)15(9)16(17)18/h3-7H,8H2,1-2H3. The van der Waals surface area contributed by atoms with Gasteiger partial charge < -0.3 is 0 Å². The van der Waals surface area contributed by atoms with E-state index in [1.807, 2.05) is 32.0 Å². The van der Waals surface area contributed by atoms with Crippen molar-refractivity contribution in [3.8, 4) is 11.1 Å². The number of nitrogens with zero attached hydrogens (tertiary/aromatic N) is 1. The van der Waals surface area contributed by atoms with Gasteiger partial charge >= 0.3 is 0 Å². The number of aryl methyl sites for hydroxylation is 1. The van der Waals surface area contributed by atoms with Gasteiger partial charge in [-0.15, -0.1) is 0 Å². The van der Waals surface area contributed by atoms with Crippen LogP contribution in [0.15, 0.2) is 30.3 Å². The van der Waals surface area contributed by atoms with Crippen molar-refractivity contribution in [3.05, 3.63) is 62.7 Å². The molecule has 0 saturated carbocycles. The highest BCUT2D eigenvalue weighted by Gasteiger charge is 2.26. The Bertz CT molecular complexity index is 674. The van der Waals surface area contributed by atoms with Gasteiger partial charge in [0, 0.05) is 11.1 Å². The van der Waals surface area contributed by atoms with Crippen LogP contribution in [0.5, 0.6) is 0 Å². The molecule has 0 amide bonds. The van der Waals surface area contributed by atoms with Gasteiger partial charge in [0.05, 0.1) is 4.92 Å². The average molecular weight is 239 g/mol. The molecule has 1 aliphatic carbocycles. The molecule has 0 bridgehead atoms. The van der Waals surface area contributed by atoms with Crippen LogP contribution in [0.3, 0.4) is 0 Å². The van der Waals surface area contributed by atoms with Crippen molar-refractivity contribution in [1.82, 2.24) is 0 Å². The molecular formula is C15H13NO2. The van der Waals surface area contributed by atoms with E-state index >= 15 is 0 Å². The molecule has 0 spiro atoms. The monoisotopic (exact) mass is 239 g/mol. The molecular weight excluding hydrogens is 226 g/mol. The maximum absolute atomic E-state index is 11.1. The van der Waals surface area contributed by atoms with E-state index in [0.29, 0.717) is 0 Å². The Morgan fingerprint density at radius 3 is 2.61 bits per heavy atom. The van der Waals surface area contributed by atoms with E-state index in [1.165, 1.54) is 11.1 Å². The molecule has 0 aromatic heterocycles. The molecule has 0 saturated heterocycles. The quantitative estimate of drug-likeness (QED) is 0.479. The van der Waals surface area contributed by atoms with Crippen LogP contribution in [0.2, 0.25) is 0 Å². The smallest absolute Gasteiger partial charge is 0.258 e. The minimum Gasteiger partial charge on any atom is -0.258 e. The lowest BCUT2D eigenvalue weighted by atomic mass is 9.97. The maximum atomic E-state index is 11.1. The fourth-order valence-electron chi connectivity index (χ4n) is 2.89. The SMILES string of the molecule is Cc1cc2c(c(C)c1[N+](=O)[O-])Cc1ccccc1-2. The Morgan fingerprint density at radius 2 is 1.89 bits per heavy atom. The summed E-state index contributed by atoms with van der Waals surface area (Å²) < 4.78 is 0. The van der Waals surface area contributed by atoms with Crippen molar-refractivity contribution in [3.63, 3.8) is 0 Å². The highest BCUT2D eigenvalue weighted by atomic mass is 16.6. The van der Waals surface area contributed by atoms with E-state index in [4.69, 9.17) is 0 Å². The molecule has 18 heavy (non-hydrogen) atoms. The van der Waals surface area contributed by atoms with E-state index in [2.05, 4.69) is 12.1 Å². The molecule has 3 nitrogen and oxygen atoms in total. The van der Waals surface area contributed by atoms with Gasteiger partial charge in [0.15, 0.2) is 0 Å². The van der Waals surface area contributed by atoms with Crippen molar-refractivity contribution in [2.75, 3.05) is 0 Å². The molecule has 3 rings (SSSR count). The van der Waals surface area contributed by atoms with E-state index in [0.717, 1.165) is 28.7 Å². The van der Waals surface area contributed by atoms with Crippen molar-refractivity contribution >= 4 is 5.69 Å². The van der Waals surface area contributed by atoms with Crippen molar-refractivity contribution in [2.45, 2.75) is 20.3 Å². The zero-order valence-electron chi connectivity index (χ0n) is 10.4. The first kappa shape index (κ1) is 11.0. The van der Waals surface area contributed by atoms with Crippen LogP contribution in [-0.4, -0.2) is 4.92 Å². The molecule has 1 aliphatic rings. The number of nitro benzene ring substituents is 1. The number of nitro groups is 1. The maximum Gasteiger partial charge on any atom is 0.275 e.